The lowest BCUT2D eigenvalue weighted by Gasteiger charge is -2.39. The molecule has 0 aromatic heterocycles. The van der Waals surface area contributed by atoms with Crippen LogP contribution in [0.3, 0.4) is 0 Å². The zero-order valence-corrected chi connectivity index (χ0v) is 16.1. The second-order valence-corrected chi connectivity index (χ2v) is 7.35. The van der Waals surface area contributed by atoms with Crippen molar-refractivity contribution in [2.24, 2.45) is 0 Å². The van der Waals surface area contributed by atoms with Crippen molar-refractivity contribution in [2.45, 2.75) is 50.8 Å². The van der Waals surface area contributed by atoms with Gasteiger partial charge in [-0.2, -0.15) is 0 Å². The minimum absolute atomic E-state index is 0.0397. The average molecular weight is 374 g/mol. The Morgan fingerprint density at radius 2 is 1.93 bits per heavy atom. The minimum Gasteiger partial charge on any atom is -0.469 e. The topological polar surface area (TPSA) is 59.1 Å². The Labute approximate surface area is 161 Å². The molecule has 1 amide bonds. The fourth-order valence-electron chi connectivity index (χ4n) is 3.97. The molecule has 6 nitrogen and oxygen atoms in total. The highest BCUT2D eigenvalue weighted by Gasteiger charge is 2.34. The van der Waals surface area contributed by atoms with Crippen molar-refractivity contribution < 1.29 is 19.1 Å². The third-order valence-corrected chi connectivity index (χ3v) is 5.52. The summed E-state index contributed by atoms with van der Waals surface area (Å²) in [7, 11) is 1.39. The van der Waals surface area contributed by atoms with Crippen LogP contribution in [0.15, 0.2) is 30.3 Å². The maximum Gasteiger partial charge on any atom is 0.307 e. The largest absolute Gasteiger partial charge is 0.469 e. The summed E-state index contributed by atoms with van der Waals surface area (Å²) in [4.78, 5) is 28.9. The molecule has 2 aliphatic heterocycles. The van der Waals surface area contributed by atoms with E-state index >= 15 is 0 Å². The number of carbonyl (C=O) groups is 2. The molecular weight excluding hydrogens is 344 g/mol. The molecule has 0 bridgehead atoms. The first-order chi connectivity index (χ1) is 13.2. The second-order valence-electron chi connectivity index (χ2n) is 7.35. The summed E-state index contributed by atoms with van der Waals surface area (Å²) in [5.74, 6) is -0.237. The molecule has 6 heteroatoms. The number of benzene rings is 1. The summed E-state index contributed by atoms with van der Waals surface area (Å²) in [6, 6.07) is 10.6. The lowest BCUT2D eigenvalue weighted by molar-refractivity contribution is -0.147. The van der Waals surface area contributed by atoms with Gasteiger partial charge in [-0.3, -0.25) is 14.5 Å². The van der Waals surface area contributed by atoms with Crippen molar-refractivity contribution >= 4 is 11.9 Å². The number of nitrogens with zero attached hydrogens (tertiary/aromatic N) is 2. The summed E-state index contributed by atoms with van der Waals surface area (Å²) < 4.78 is 10.4. The Kier molecular flexibility index (Phi) is 7.24. The molecule has 1 aromatic rings. The molecule has 0 aliphatic carbocycles. The van der Waals surface area contributed by atoms with Crippen molar-refractivity contribution in [3.8, 4) is 0 Å². The van der Waals surface area contributed by atoms with Gasteiger partial charge in [0.05, 0.1) is 13.5 Å². The highest BCUT2D eigenvalue weighted by atomic mass is 16.5. The van der Waals surface area contributed by atoms with Crippen molar-refractivity contribution in [2.75, 3.05) is 33.4 Å². The molecule has 0 N–H and O–H groups in total. The van der Waals surface area contributed by atoms with Gasteiger partial charge in [-0.25, -0.2) is 0 Å². The van der Waals surface area contributed by atoms with E-state index in [0.717, 1.165) is 45.3 Å². The van der Waals surface area contributed by atoms with Crippen LogP contribution >= 0.6 is 0 Å². The number of rotatable bonds is 7. The van der Waals surface area contributed by atoms with Gasteiger partial charge < -0.3 is 14.4 Å². The minimum atomic E-state index is -0.343. The molecule has 0 radical (unpaired) electrons. The van der Waals surface area contributed by atoms with Gasteiger partial charge in [-0.05, 0) is 31.2 Å². The van der Waals surface area contributed by atoms with Crippen molar-refractivity contribution in [1.29, 1.82) is 0 Å². The predicted molar refractivity (Wildman–Crippen MR) is 102 cm³/mol. The normalized spacial score (nSPS) is 21.1. The Balaban J connectivity index is 1.57. The first kappa shape index (κ1) is 19.8. The summed E-state index contributed by atoms with van der Waals surface area (Å²) in [5.41, 5.74) is 1.31. The SMILES string of the molecule is COC(=O)CCN(C(=O)C1CCCO1)C1CCN(Cc2ccccc2)CC1. The number of hydrogen-bond acceptors (Lipinski definition) is 5. The van der Waals surface area contributed by atoms with Crippen LogP contribution in [0.1, 0.15) is 37.7 Å². The van der Waals surface area contributed by atoms with E-state index in [0.29, 0.717) is 13.2 Å². The molecule has 2 fully saturated rings. The maximum atomic E-state index is 13.0. The van der Waals surface area contributed by atoms with Gasteiger partial charge in [-0.15, -0.1) is 0 Å². The van der Waals surface area contributed by atoms with Gasteiger partial charge in [0.1, 0.15) is 6.10 Å². The van der Waals surface area contributed by atoms with Crippen LogP contribution in [0.4, 0.5) is 0 Å². The highest BCUT2D eigenvalue weighted by Crippen LogP contribution is 2.23. The number of amides is 1. The van der Waals surface area contributed by atoms with Crippen molar-refractivity contribution in [1.82, 2.24) is 9.80 Å². The van der Waals surface area contributed by atoms with Crippen molar-refractivity contribution in [3.05, 3.63) is 35.9 Å². The molecule has 1 unspecified atom stereocenters. The van der Waals surface area contributed by atoms with E-state index in [1.807, 2.05) is 11.0 Å². The first-order valence-electron chi connectivity index (χ1n) is 9.92. The molecule has 2 saturated heterocycles. The van der Waals surface area contributed by atoms with Gasteiger partial charge in [0.25, 0.3) is 5.91 Å². The molecule has 148 valence electrons. The van der Waals surface area contributed by atoms with Gasteiger partial charge >= 0.3 is 5.97 Å². The number of methoxy groups -OCH3 is 1. The number of carbonyl (C=O) groups excluding carboxylic acids is 2. The smallest absolute Gasteiger partial charge is 0.307 e. The third kappa shape index (κ3) is 5.53. The summed E-state index contributed by atoms with van der Waals surface area (Å²) in [6.45, 7) is 3.90. The molecule has 3 rings (SSSR count). The Morgan fingerprint density at radius 1 is 1.19 bits per heavy atom. The van der Waals surface area contributed by atoms with E-state index in [4.69, 9.17) is 9.47 Å². The Hall–Kier alpha value is -1.92. The number of likely N-dealkylation sites (tertiary alicyclic amines) is 1. The van der Waals surface area contributed by atoms with E-state index in [1.165, 1.54) is 12.7 Å². The van der Waals surface area contributed by atoms with E-state index < -0.39 is 0 Å². The third-order valence-electron chi connectivity index (χ3n) is 5.52. The second kappa shape index (κ2) is 9.85. The van der Waals surface area contributed by atoms with Crippen LogP contribution in [0.2, 0.25) is 0 Å². The van der Waals surface area contributed by atoms with Crippen molar-refractivity contribution in [3.63, 3.8) is 0 Å². The van der Waals surface area contributed by atoms with Crippen LogP contribution in [-0.4, -0.2) is 67.2 Å². The fraction of sp³-hybridized carbons (Fsp3) is 0.619. The van der Waals surface area contributed by atoms with Gasteiger partial charge in [0.2, 0.25) is 0 Å². The lowest BCUT2D eigenvalue weighted by Crippen LogP contribution is -2.50. The summed E-state index contributed by atoms with van der Waals surface area (Å²) in [6.07, 6.45) is 3.44. The molecule has 0 spiro atoms. The van der Waals surface area contributed by atoms with Crippen LogP contribution in [0.25, 0.3) is 0 Å². The van der Waals surface area contributed by atoms with Gasteiger partial charge in [0, 0.05) is 38.8 Å². The van der Waals surface area contributed by atoms with E-state index in [2.05, 4.69) is 29.2 Å². The van der Waals surface area contributed by atoms with Crippen LogP contribution in [0, 0.1) is 0 Å². The quantitative estimate of drug-likeness (QED) is 0.685. The van der Waals surface area contributed by atoms with Gasteiger partial charge in [0.15, 0.2) is 0 Å². The monoisotopic (exact) mass is 374 g/mol. The highest BCUT2D eigenvalue weighted by molar-refractivity contribution is 5.82. The number of piperidine rings is 1. The first-order valence-corrected chi connectivity index (χ1v) is 9.92. The van der Waals surface area contributed by atoms with Crippen LogP contribution in [0.5, 0.6) is 0 Å². The molecule has 0 saturated carbocycles. The molecule has 2 heterocycles. The van der Waals surface area contributed by atoms with Gasteiger partial charge in [-0.1, -0.05) is 30.3 Å². The van der Waals surface area contributed by atoms with Crippen LogP contribution < -0.4 is 0 Å². The Bertz CT molecular complexity index is 608. The van der Waals surface area contributed by atoms with E-state index in [1.54, 1.807) is 0 Å². The molecule has 1 atom stereocenters. The predicted octanol–water partition coefficient (Wildman–Crippen LogP) is 2.22. The zero-order valence-electron chi connectivity index (χ0n) is 16.1. The van der Waals surface area contributed by atoms with E-state index in [-0.39, 0.29) is 30.4 Å². The summed E-state index contributed by atoms with van der Waals surface area (Å²) >= 11 is 0. The molecular formula is C21H30N2O4. The number of hydrogen-bond donors (Lipinski definition) is 0. The molecule has 27 heavy (non-hydrogen) atoms. The fourth-order valence-corrected chi connectivity index (χ4v) is 3.97. The standard InChI is InChI=1S/C21H30N2O4/c1-26-20(24)11-14-23(21(25)19-8-5-15-27-19)18-9-12-22(13-10-18)16-17-6-3-2-4-7-17/h2-4,6-7,18-19H,5,8-16H2,1H3. The summed E-state index contributed by atoms with van der Waals surface area (Å²) in [5, 5.41) is 0. The molecule has 1 aromatic carbocycles. The zero-order chi connectivity index (χ0) is 19.1. The maximum absolute atomic E-state index is 13.0. The number of esters is 1. The van der Waals surface area contributed by atoms with E-state index in [9.17, 15) is 9.59 Å². The molecule has 2 aliphatic rings. The number of ether oxygens (including phenoxy) is 2. The Morgan fingerprint density at radius 3 is 2.56 bits per heavy atom. The average Bonchev–Trinajstić information content (AvgIpc) is 3.24. The van der Waals surface area contributed by atoms with Crippen LogP contribution in [-0.2, 0) is 25.6 Å². The lowest BCUT2D eigenvalue weighted by atomic mass is 10.0.